The second kappa shape index (κ2) is 7.15. The van der Waals surface area contributed by atoms with Gasteiger partial charge in [0.05, 0.1) is 28.6 Å². The smallest absolute Gasteiger partial charge is 0.255 e. The maximum absolute atomic E-state index is 12.8. The van der Waals surface area contributed by atoms with Crippen LogP contribution in [0, 0.1) is 0 Å². The van der Waals surface area contributed by atoms with Gasteiger partial charge in [0.15, 0.2) is 0 Å². The average molecular weight is 371 g/mol. The zero-order chi connectivity index (χ0) is 19.0. The topological polar surface area (TPSA) is 75.9 Å². The van der Waals surface area contributed by atoms with Gasteiger partial charge < -0.3 is 15.2 Å². The largest absolute Gasteiger partial charge is 0.489 e. The molecule has 0 spiro atoms. The molecule has 2 N–H and O–H groups in total. The van der Waals surface area contributed by atoms with Gasteiger partial charge in [0.2, 0.25) is 0 Å². The molecule has 1 amide bonds. The summed E-state index contributed by atoms with van der Waals surface area (Å²) in [6, 6.07) is 4.08. The van der Waals surface area contributed by atoms with Crippen molar-refractivity contribution in [2.24, 2.45) is 0 Å². The molecular weight excluding hydrogens is 342 g/mol. The first-order valence-corrected chi connectivity index (χ1v) is 10.1. The summed E-state index contributed by atoms with van der Waals surface area (Å²) in [6.07, 6.45) is 9.63. The molecule has 2 aliphatic carbocycles. The van der Waals surface area contributed by atoms with Gasteiger partial charge in [-0.25, -0.2) is 4.52 Å². The Labute approximate surface area is 159 Å². The van der Waals surface area contributed by atoms with Gasteiger partial charge >= 0.3 is 0 Å². The van der Waals surface area contributed by atoms with Crippen LogP contribution in [0.15, 0.2) is 18.3 Å². The molecule has 2 saturated carbocycles. The van der Waals surface area contributed by atoms with Crippen molar-refractivity contribution >= 4 is 11.4 Å². The van der Waals surface area contributed by atoms with Crippen LogP contribution in [0.25, 0.3) is 5.52 Å². The summed E-state index contributed by atoms with van der Waals surface area (Å²) in [5, 5.41) is 17.7. The van der Waals surface area contributed by atoms with Gasteiger partial charge in [-0.1, -0.05) is 19.3 Å². The number of fused-ring (bicyclic) bond motifs is 1. The molecule has 4 rings (SSSR count). The van der Waals surface area contributed by atoms with Gasteiger partial charge in [-0.15, -0.1) is 0 Å². The van der Waals surface area contributed by atoms with E-state index in [2.05, 4.69) is 10.4 Å². The molecule has 146 valence electrons. The molecule has 0 unspecified atom stereocenters. The molecule has 2 heterocycles. The molecule has 0 aromatic carbocycles. The van der Waals surface area contributed by atoms with Crippen molar-refractivity contribution in [1.82, 2.24) is 14.9 Å². The Kier molecular flexibility index (Phi) is 4.84. The number of aliphatic hydroxyl groups is 1. The molecule has 2 fully saturated rings. The number of carbonyl (C=O) groups is 1. The first-order valence-electron chi connectivity index (χ1n) is 10.1. The standard InChI is InChI=1S/C21H29N3O3/c1-21(2,26)13-27-18-11-10-17-16(12-22-24(17)19(18)14-8-9-14)20(25)23-15-6-4-3-5-7-15/h10-12,14-15,26H,3-9,13H2,1-2H3,(H,23,25). The number of aromatic nitrogens is 2. The first-order chi connectivity index (χ1) is 12.9. The second-order valence-corrected chi connectivity index (χ2v) is 8.62. The number of rotatable bonds is 6. The fraction of sp³-hybridized carbons (Fsp3) is 0.619. The van der Waals surface area contributed by atoms with Crippen LogP contribution >= 0.6 is 0 Å². The highest BCUT2D eigenvalue weighted by Gasteiger charge is 2.32. The SMILES string of the molecule is CC(C)(O)COc1ccc2c(C(=O)NC3CCCCC3)cnn2c1C1CC1. The summed E-state index contributed by atoms with van der Waals surface area (Å²) in [6.45, 7) is 3.67. The number of amides is 1. The minimum absolute atomic E-state index is 0.0381. The molecule has 0 saturated heterocycles. The lowest BCUT2D eigenvalue weighted by Crippen LogP contribution is -2.36. The number of hydrogen-bond donors (Lipinski definition) is 2. The van der Waals surface area contributed by atoms with E-state index in [1.807, 2.05) is 16.6 Å². The molecule has 0 atom stereocenters. The lowest BCUT2D eigenvalue weighted by molar-refractivity contribution is 0.0279. The van der Waals surface area contributed by atoms with E-state index in [0.717, 1.165) is 42.6 Å². The summed E-state index contributed by atoms with van der Waals surface area (Å²) in [4.78, 5) is 12.8. The summed E-state index contributed by atoms with van der Waals surface area (Å²) in [5.41, 5.74) is 1.55. The Balaban J connectivity index is 1.61. The van der Waals surface area contributed by atoms with E-state index in [-0.39, 0.29) is 18.6 Å². The van der Waals surface area contributed by atoms with Crippen molar-refractivity contribution in [2.45, 2.75) is 76.4 Å². The van der Waals surface area contributed by atoms with Crippen molar-refractivity contribution in [3.63, 3.8) is 0 Å². The normalized spacial score (nSPS) is 18.6. The molecule has 2 aromatic rings. The minimum atomic E-state index is -0.898. The van der Waals surface area contributed by atoms with E-state index in [1.165, 1.54) is 19.3 Å². The van der Waals surface area contributed by atoms with Crippen molar-refractivity contribution in [3.05, 3.63) is 29.6 Å². The molecule has 0 radical (unpaired) electrons. The van der Waals surface area contributed by atoms with Gasteiger partial charge in [0.25, 0.3) is 5.91 Å². The highest BCUT2D eigenvalue weighted by atomic mass is 16.5. The number of carbonyl (C=O) groups excluding carboxylic acids is 1. The van der Waals surface area contributed by atoms with Crippen LogP contribution in [0.2, 0.25) is 0 Å². The Morgan fingerprint density at radius 2 is 2.00 bits per heavy atom. The summed E-state index contributed by atoms with van der Waals surface area (Å²) >= 11 is 0. The van der Waals surface area contributed by atoms with Gasteiger partial charge in [-0.2, -0.15) is 5.10 Å². The van der Waals surface area contributed by atoms with Crippen LogP contribution in [0.3, 0.4) is 0 Å². The summed E-state index contributed by atoms with van der Waals surface area (Å²) < 4.78 is 7.75. The van der Waals surface area contributed by atoms with Crippen LogP contribution in [-0.2, 0) is 0 Å². The third-order valence-corrected chi connectivity index (χ3v) is 5.41. The third-order valence-electron chi connectivity index (χ3n) is 5.41. The molecule has 0 bridgehead atoms. The van der Waals surface area contributed by atoms with E-state index in [0.29, 0.717) is 11.5 Å². The molecule has 6 nitrogen and oxygen atoms in total. The Morgan fingerprint density at radius 1 is 1.26 bits per heavy atom. The highest BCUT2D eigenvalue weighted by Crippen LogP contribution is 2.44. The third kappa shape index (κ3) is 4.10. The number of ether oxygens (including phenoxy) is 1. The van der Waals surface area contributed by atoms with Crippen molar-refractivity contribution in [1.29, 1.82) is 0 Å². The molecule has 2 aromatic heterocycles. The van der Waals surface area contributed by atoms with E-state index in [1.54, 1.807) is 20.0 Å². The zero-order valence-electron chi connectivity index (χ0n) is 16.2. The zero-order valence-corrected chi connectivity index (χ0v) is 16.2. The van der Waals surface area contributed by atoms with Crippen molar-refractivity contribution in [2.75, 3.05) is 6.61 Å². The summed E-state index contributed by atoms with van der Waals surface area (Å²) in [5.74, 6) is 1.11. The molecular formula is C21H29N3O3. The van der Waals surface area contributed by atoms with Crippen LogP contribution in [0.4, 0.5) is 0 Å². The molecule has 2 aliphatic rings. The molecule has 0 aliphatic heterocycles. The fourth-order valence-corrected chi connectivity index (χ4v) is 3.85. The number of nitrogens with one attached hydrogen (secondary N) is 1. The fourth-order valence-electron chi connectivity index (χ4n) is 3.85. The maximum atomic E-state index is 12.8. The average Bonchev–Trinajstić information content (AvgIpc) is 3.37. The van der Waals surface area contributed by atoms with Gasteiger partial charge in [0, 0.05) is 12.0 Å². The highest BCUT2D eigenvalue weighted by molar-refractivity contribution is 6.00. The Morgan fingerprint density at radius 3 is 2.67 bits per heavy atom. The second-order valence-electron chi connectivity index (χ2n) is 8.62. The van der Waals surface area contributed by atoms with Gasteiger partial charge in [0.1, 0.15) is 12.4 Å². The maximum Gasteiger partial charge on any atom is 0.255 e. The molecule has 27 heavy (non-hydrogen) atoms. The van der Waals surface area contributed by atoms with E-state index in [9.17, 15) is 9.90 Å². The van der Waals surface area contributed by atoms with Crippen LogP contribution in [-0.4, -0.2) is 38.9 Å². The van der Waals surface area contributed by atoms with Crippen LogP contribution in [0.5, 0.6) is 5.75 Å². The van der Waals surface area contributed by atoms with Gasteiger partial charge in [-0.3, -0.25) is 4.79 Å². The monoisotopic (exact) mass is 371 g/mol. The summed E-state index contributed by atoms with van der Waals surface area (Å²) in [7, 11) is 0. The Hall–Kier alpha value is -2.08. The number of nitrogens with zero attached hydrogens (tertiary/aromatic N) is 2. The van der Waals surface area contributed by atoms with Gasteiger partial charge in [-0.05, 0) is 51.7 Å². The van der Waals surface area contributed by atoms with Crippen LogP contribution in [0.1, 0.15) is 80.8 Å². The van der Waals surface area contributed by atoms with E-state index in [4.69, 9.17) is 4.74 Å². The van der Waals surface area contributed by atoms with Crippen molar-refractivity contribution in [3.8, 4) is 5.75 Å². The quantitative estimate of drug-likeness (QED) is 0.816. The van der Waals surface area contributed by atoms with E-state index >= 15 is 0 Å². The first kappa shape index (κ1) is 18.3. The van der Waals surface area contributed by atoms with Crippen LogP contribution < -0.4 is 10.1 Å². The van der Waals surface area contributed by atoms with Crippen molar-refractivity contribution < 1.29 is 14.6 Å². The lowest BCUT2D eigenvalue weighted by atomic mass is 9.95. The van der Waals surface area contributed by atoms with E-state index < -0.39 is 5.60 Å². The predicted octanol–water partition coefficient (Wildman–Crippen LogP) is 3.42. The lowest BCUT2D eigenvalue weighted by Gasteiger charge is -2.22. The minimum Gasteiger partial charge on any atom is -0.489 e. The number of pyridine rings is 1. The predicted molar refractivity (Wildman–Crippen MR) is 103 cm³/mol. The Bertz CT molecular complexity index is 827. The number of hydrogen-bond acceptors (Lipinski definition) is 4. The molecule has 6 heteroatoms.